The largest absolute Gasteiger partial charge is 0.370 e. The first-order valence-electron chi connectivity index (χ1n) is 5.81. The van der Waals surface area contributed by atoms with E-state index >= 15 is 0 Å². The molecule has 0 radical (unpaired) electrons. The minimum atomic E-state index is 0.701. The summed E-state index contributed by atoms with van der Waals surface area (Å²) in [4.78, 5) is 6.25. The first-order valence-corrected chi connectivity index (χ1v) is 5.81. The zero-order chi connectivity index (χ0) is 13.0. The number of aryl methyl sites for hydroxylation is 1. The predicted molar refractivity (Wildman–Crippen MR) is 72.2 cm³/mol. The number of nitrogens with zero attached hydrogens (tertiary/aromatic N) is 3. The number of anilines is 1. The summed E-state index contributed by atoms with van der Waals surface area (Å²) in [5.41, 5.74) is 4.14. The zero-order valence-corrected chi connectivity index (χ0v) is 10.6. The van der Waals surface area contributed by atoms with Crippen LogP contribution in [-0.2, 0) is 6.54 Å². The minimum Gasteiger partial charge on any atom is -0.370 e. The molecule has 1 heterocycles. The maximum absolute atomic E-state index is 8.89. The summed E-state index contributed by atoms with van der Waals surface area (Å²) in [7, 11) is 2.04. The molecule has 0 aliphatic carbocycles. The molecule has 0 aliphatic rings. The van der Waals surface area contributed by atoms with Gasteiger partial charge in [0.2, 0.25) is 0 Å². The van der Waals surface area contributed by atoms with Crippen LogP contribution in [0.25, 0.3) is 0 Å². The fraction of sp³-hybridized carbons (Fsp3) is 0.200. The molecule has 3 heteroatoms. The lowest BCUT2D eigenvalue weighted by Crippen LogP contribution is -2.17. The van der Waals surface area contributed by atoms with Crippen LogP contribution >= 0.6 is 0 Å². The van der Waals surface area contributed by atoms with Gasteiger partial charge in [0, 0.05) is 31.7 Å². The molecule has 0 fully saturated rings. The van der Waals surface area contributed by atoms with Gasteiger partial charge in [0.15, 0.2) is 0 Å². The molecule has 0 spiro atoms. The van der Waals surface area contributed by atoms with Crippen molar-refractivity contribution in [2.75, 3.05) is 11.9 Å². The second-order valence-corrected chi connectivity index (χ2v) is 4.33. The Kier molecular flexibility index (Phi) is 3.59. The summed E-state index contributed by atoms with van der Waals surface area (Å²) in [6.07, 6.45) is 3.65. The molecule has 1 aromatic carbocycles. The highest BCUT2D eigenvalue weighted by Crippen LogP contribution is 2.19. The quantitative estimate of drug-likeness (QED) is 0.824. The number of aromatic nitrogens is 1. The molecule has 0 saturated heterocycles. The van der Waals surface area contributed by atoms with Gasteiger partial charge in [-0.3, -0.25) is 4.98 Å². The Labute approximate surface area is 107 Å². The van der Waals surface area contributed by atoms with Crippen LogP contribution in [0.2, 0.25) is 0 Å². The molecule has 0 aliphatic heterocycles. The van der Waals surface area contributed by atoms with Crippen molar-refractivity contribution in [3.05, 3.63) is 59.4 Å². The van der Waals surface area contributed by atoms with E-state index in [9.17, 15) is 0 Å². The average Bonchev–Trinajstić information content (AvgIpc) is 2.39. The minimum absolute atomic E-state index is 0.701. The number of nitriles is 1. The van der Waals surface area contributed by atoms with Gasteiger partial charge in [-0.25, -0.2) is 0 Å². The summed E-state index contributed by atoms with van der Waals surface area (Å²) in [6.45, 7) is 2.82. The van der Waals surface area contributed by atoms with Crippen molar-refractivity contribution in [2.24, 2.45) is 0 Å². The molecule has 0 amide bonds. The monoisotopic (exact) mass is 237 g/mol. The van der Waals surface area contributed by atoms with Crippen LogP contribution in [0, 0.1) is 18.3 Å². The predicted octanol–water partition coefficient (Wildman–Crippen LogP) is 2.90. The van der Waals surface area contributed by atoms with Crippen LogP contribution in [0.5, 0.6) is 0 Å². The van der Waals surface area contributed by atoms with E-state index in [0.717, 1.165) is 23.4 Å². The average molecular weight is 237 g/mol. The number of hydrogen-bond donors (Lipinski definition) is 0. The second kappa shape index (κ2) is 5.33. The molecule has 0 saturated carbocycles. The molecule has 0 unspecified atom stereocenters. The summed E-state index contributed by atoms with van der Waals surface area (Å²) in [5.74, 6) is 0. The molecule has 3 nitrogen and oxygen atoms in total. The van der Waals surface area contributed by atoms with E-state index in [1.165, 1.54) is 0 Å². The number of pyridine rings is 1. The molecule has 18 heavy (non-hydrogen) atoms. The third kappa shape index (κ3) is 2.67. The first-order chi connectivity index (χ1) is 8.70. The topological polar surface area (TPSA) is 39.9 Å². The van der Waals surface area contributed by atoms with Gasteiger partial charge in [-0.05, 0) is 36.2 Å². The van der Waals surface area contributed by atoms with Crippen molar-refractivity contribution in [3.63, 3.8) is 0 Å². The summed E-state index contributed by atoms with van der Waals surface area (Å²) < 4.78 is 0. The third-order valence-corrected chi connectivity index (χ3v) is 2.88. The summed E-state index contributed by atoms with van der Waals surface area (Å²) in [5, 5.41) is 8.89. The molecular weight excluding hydrogens is 222 g/mol. The lowest BCUT2D eigenvalue weighted by atomic mass is 10.1. The standard InChI is InChI=1S/C15H15N3/c1-12-10-17-7-6-15(12)18(2)11-14-5-3-4-13(8-14)9-16/h3-8,10H,11H2,1-2H3. The normalized spacial score (nSPS) is 9.83. The van der Waals surface area contributed by atoms with Crippen LogP contribution in [0.15, 0.2) is 42.7 Å². The van der Waals surface area contributed by atoms with Crippen molar-refractivity contribution in [1.29, 1.82) is 5.26 Å². The highest BCUT2D eigenvalue weighted by Gasteiger charge is 2.05. The highest BCUT2D eigenvalue weighted by molar-refractivity contribution is 5.51. The van der Waals surface area contributed by atoms with Crippen LogP contribution in [0.4, 0.5) is 5.69 Å². The highest BCUT2D eigenvalue weighted by atomic mass is 15.1. The fourth-order valence-corrected chi connectivity index (χ4v) is 1.99. The van der Waals surface area contributed by atoms with Crippen molar-refractivity contribution >= 4 is 5.69 Å². The van der Waals surface area contributed by atoms with Crippen molar-refractivity contribution in [3.8, 4) is 6.07 Å². The molecular formula is C15H15N3. The summed E-state index contributed by atoms with van der Waals surface area (Å²) >= 11 is 0. The Hall–Kier alpha value is -2.34. The van der Waals surface area contributed by atoms with Gasteiger partial charge in [0.25, 0.3) is 0 Å². The van der Waals surface area contributed by atoms with Crippen LogP contribution < -0.4 is 4.90 Å². The SMILES string of the molecule is Cc1cnccc1N(C)Cc1cccc(C#N)c1. The Morgan fingerprint density at radius 1 is 1.33 bits per heavy atom. The van der Waals surface area contributed by atoms with E-state index in [1.54, 1.807) is 6.20 Å². The van der Waals surface area contributed by atoms with E-state index in [-0.39, 0.29) is 0 Å². The van der Waals surface area contributed by atoms with Gasteiger partial charge in [-0.2, -0.15) is 5.26 Å². The van der Waals surface area contributed by atoms with Gasteiger partial charge in [-0.1, -0.05) is 12.1 Å². The van der Waals surface area contributed by atoms with E-state index in [4.69, 9.17) is 5.26 Å². The van der Waals surface area contributed by atoms with Gasteiger partial charge in [0.05, 0.1) is 11.6 Å². The van der Waals surface area contributed by atoms with Crippen molar-refractivity contribution in [2.45, 2.75) is 13.5 Å². The second-order valence-electron chi connectivity index (χ2n) is 4.33. The third-order valence-electron chi connectivity index (χ3n) is 2.88. The smallest absolute Gasteiger partial charge is 0.0991 e. The van der Waals surface area contributed by atoms with Crippen LogP contribution in [0.3, 0.4) is 0 Å². The van der Waals surface area contributed by atoms with E-state index in [2.05, 4.69) is 16.0 Å². The Balaban J connectivity index is 2.19. The van der Waals surface area contributed by atoms with E-state index < -0.39 is 0 Å². The zero-order valence-electron chi connectivity index (χ0n) is 10.6. The lowest BCUT2D eigenvalue weighted by Gasteiger charge is -2.21. The van der Waals surface area contributed by atoms with E-state index in [1.807, 2.05) is 50.5 Å². The Morgan fingerprint density at radius 2 is 2.17 bits per heavy atom. The Bertz CT molecular complexity index is 584. The molecule has 2 rings (SSSR count). The van der Waals surface area contributed by atoms with Crippen LogP contribution in [0.1, 0.15) is 16.7 Å². The molecule has 90 valence electrons. The van der Waals surface area contributed by atoms with Gasteiger partial charge < -0.3 is 4.90 Å². The maximum Gasteiger partial charge on any atom is 0.0991 e. The van der Waals surface area contributed by atoms with Crippen molar-refractivity contribution in [1.82, 2.24) is 4.98 Å². The first kappa shape index (κ1) is 12.1. The van der Waals surface area contributed by atoms with Crippen molar-refractivity contribution < 1.29 is 0 Å². The van der Waals surface area contributed by atoms with Gasteiger partial charge in [0.1, 0.15) is 0 Å². The fourth-order valence-electron chi connectivity index (χ4n) is 1.99. The Morgan fingerprint density at radius 3 is 2.89 bits per heavy atom. The van der Waals surface area contributed by atoms with E-state index in [0.29, 0.717) is 5.56 Å². The number of hydrogen-bond acceptors (Lipinski definition) is 3. The maximum atomic E-state index is 8.89. The molecule has 0 bridgehead atoms. The molecule has 2 aromatic rings. The molecule has 1 aromatic heterocycles. The number of benzene rings is 1. The number of rotatable bonds is 3. The van der Waals surface area contributed by atoms with Crippen LogP contribution in [-0.4, -0.2) is 12.0 Å². The molecule has 0 atom stereocenters. The molecule has 0 N–H and O–H groups in total. The van der Waals surface area contributed by atoms with Gasteiger partial charge >= 0.3 is 0 Å². The van der Waals surface area contributed by atoms with Gasteiger partial charge in [-0.15, -0.1) is 0 Å². The lowest BCUT2D eigenvalue weighted by molar-refractivity contribution is 0.913. The summed E-state index contributed by atoms with van der Waals surface area (Å²) in [6, 6.07) is 11.9.